The van der Waals surface area contributed by atoms with Crippen molar-refractivity contribution >= 4 is 50.6 Å². The van der Waals surface area contributed by atoms with Crippen molar-refractivity contribution < 1.29 is 19.8 Å². The highest BCUT2D eigenvalue weighted by Gasteiger charge is 2.27. The molecule has 3 atom stereocenters. The molecule has 0 rings (SSSR count). The monoisotopic (exact) mass is 298 g/mol. The minimum atomic E-state index is -1.14. The van der Waals surface area contributed by atoms with E-state index in [1.807, 2.05) is 0 Å². The number of aliphatic carboxylic acids is 2. The van der Waals surface area contributed by atoms with Crippen molar-refractivity contribution in [2.24, 2.45) is 11.5 Å². The smallest absolute Gasteiger partial charge is 0.322 e. The number of nitrogens with two attached hydrogens (primary N) is 2. The van der Waals surface area contributed by atoms with E-state index in [4.69, 9.17) is 33.9 Å². The molecule has 6 N–H and O–H groups in total. The number of carboxylic acids is 2. The van der Waals surface area contributed by atoms with Crippen LogP contribution in [-0.4, -0.2) is 50.1 Å². The van der Waals surface area contributed by atoms with Gasteiger partial charge in [-0.15, -0.1) is 0 Å². The molecule has 17 heavy (non-hydrogen) atoms. The molecule has 0 saturated carbocycles. The lowest BCUT2D eigenvalue weighted by atomic mass is 10.2. The first-order chi connectivity index (χ1) is 7.77. The molecule has 0 spiro atoms. The Bertz CT molecular complexity index is 313. The Kier molecular flexibility index (Phi) is 7.71. The lowest BCUT2D eigenvalue weighted by Gasteiger charge is -2.18. The van der Waals surface area contributed by atoms with Gasteiger partial charge in [0.15, 0.2) is 0 Å². The number of carboxylic acid groups (broad SMARTS) is 2. The summed E-state index contributed by atoms with van der Waals surface area (Å²) in [5.41, 5.74) is 10.8. The second-order valence-corrected chi connectivity index (χ2v) is 6.42. The minimum Gasteiger partial charge on any atom is -0.480 e. The first kappa shape index (κ1) is 16.6. The molecule has 0 aliphatic rings. The standard InChI is InChI=1S/C8H14N2O4S3/c1-3(15)6(5(10)8(13)14)17-16-2-4(9)7(11)12/h4-6H,2,9-10H2,1H3,(H,11,12)(H,13,14)/t4-,5-,6?/m0/s1. The van der Waals surface area contributed by atoms with Crippen molar-refractivity contribution in [3.63, 3.8) is 0 Å². The van der Waals surface area contributed by atoms with Gasteiger partial charge in [-0.2, -0.15) is 0 Å². The summed E-state index contributed by atoms with van der Waals surface area (Å²) >= 11 is 4.92. The molecule has 0 aliphatic heterocycles. The molecular formula is C8H14N2O4S3. The van der Waals surface area contributed by atoms with Gasteiger partial charge in [0, 0.05) is 10.6 Å². The summed E-state index contributed by atoms with van der Waals surface area (Å²) in [4.78, 5) is 21.6. The molecule has 0 radical (unpaired) electrons. The number of hydrogen-bond donors (Lipinski definition) is 4. The number of hydrogen-bond acceptors (Lipinski definition) is 7. The summed E-state index contributed by atoms with van der Waals surface area (Å²) in [6.07, 6.45) is 0. The van der Waals surface area contributed by atoms with Gasteiger partial charge in [-0.05, 0) is 6.92 Å². The fourth-order valence-electron chi connectivity index (χ4n) is 0.767. The van der Waals surface area contributed by atoms with Crippen LogP contribution in [0.2, 0.25) is 0 Å². The largest absolute Gasteiger partial charge is 0.480 e. The van der Waals surface area contributed by atoms with Crippen LogP contribution < -0.4 is 11.5 Å². The molecule has 6 nitrogen and oxygen atoms in total. The molecule has 0 bridgehead atoms. The zero-order valence-electron chi connectivity index (χ0n) is 9.03. The van der Waals surface area contributed by atoms with E-state index in [1.165, 1.54) is 0 Å². The van der Waals surface area contributed by atoms with Gasteiger partial charge in [-0.1, -0.05) is 33.8 Å². The van der Waals surface area contributed by atoms with Gasteiger partial charge >= 0.3 is 11.9 Å². The fraction of sp³-hybridized carbons (Fsp3) is 0.625. The molecule has 0 heterocycles. The van der Waals surface area contributed by atoms with Gasteiger partial charge < -0.3 is 21.7 Å². The van der Waals surface area contributed by atoms with Gasteiger partial charge in [0.25, 0.3) is 0 Å². The zero-order chi connectivity index (χ0) is 13.6. The highest BCUT2D eigenvalue weighted by molar-refractivity contribution is 8.77. The maximum Gasteiger partial charge on any atom is 0.322 e. The Morgan fingerprint density at radius 1 is 1.29 bits per heavy atom. The minimum absolute atomic E-state index is 0.158. The molecule has 0 amide bonds. The summed E-state index contributed by atoms with van der Waals surface area (Å²) in [5.74, 6) is -2.09. The SMILES string of the molecule is CC(=S)C(SSC[C@H](N)C(=O)O)[C@H](N)C(=O)O. The highest BCUT2D eigenvalue weighted by Crippen LogP contribution is 2.30. The van der Waals surface area contributed by atoms with Crippen LogP contribution in [0.4, 0.5) is 0 Å². The van der Waals surface area contributed by atoms with Crippen molar-refractivity contribution in [1.29, 1.82) is 0 Å². The second-order valence-electron chi connectivity index (χ2n) is 3.22. The first-order valence-electron chi connectivity index (χ1n) is 4.52. The third kappa shape index (κ3) is 6.22. The van der Waals surface area contributed by atoms with Gasteiger partial charge in [0.2, 0.25) is 0 Å². The van der Waals surface area contributed by atoms with Gasteiger partial charge in [0.05, 0.1) is 5.25 Å². The van der Waals surface area contributed by atoms with E-state index in [1.54, 1.807) is 6.92 Å². The van der Waals surface area contributed by atoms with E-state index in [2.05, 4.69) is 0 Å². The Balaban J connectivity index is 4.25. The van der Waals surface area contributed by atoms with E-state index >= 15 is 0 Å². The molecule has 98 valence electrons. The maximum absolute atomic E-state index is 10.7. The third-order valence-electron chi connectivity index (χ3n) is 1.75. The number of thiocarbonyl (C=S) groups is 1. The van der Waals surface area contributed by atoms with E-state index < -0.39 is 29.3 Å². The predicted octanol–water partition coefficient (Wildman–Crippen LogP) is -0.0500. The molecule has 9 heteroatoms. The van der Waals surface area contributed by atoms with Crippen LogP contribution in [-0.2, 0) is 9.59 Å². The molecule has 0 fully saturated rings. The Morgan fingerprint density at radius 2 is 1.82 bits per heavy atom. The van der Waals surface area contributed by atoms with Gasteiger partial charge in [-0.3, -0.25) is 9.59 Å². The molecular weight excluding hydrogens is 284 g/mol. The Morgan fingerprint density at radius 3 is 2.18 bits per heavy atom. The van der Waals surface area contributed by atoms with Crippen LogP contribution in [0, 0.1) is 0 Å². The lowest BCUT2D eigenvalue weighted by Crippen LogP contribution is -2.43. The number of carbonyl (C=O) groups is 2. The van der Waals surface area contributed by atoms with Gasteiger partial charge in [-0.25, -0.2) is 0 Å². The van der Waals surface area contributed by atoms with E-state index in [9.17, 15) is 9.59 Å². The van der Waals surface area contributed by atoms with E-state index in [-0.39, 0.29) is 5.75 Å². The quantitative estimate of drug-likeness (QED) is 0.360. The molecule has 0 aliphatic carbocycles. The third-order valence-corrected chi connectivity index (χ3v) is 5.08. The second kappa shape index (κ2) is 7.88. The van der Waals surface area contributed by atoms with Crippen LogP contribution in [0.5, 0.6) is 0 Å². The van der Waals surface area contributed by atoms with Crippen LogP contribution in [0.15, 0.2) is 0 Å². The molecule has 1 unspecified atom stereocenters. The predicted molar refractivity (Wildman–Crippen MR) is 73.3 cm³/mol. The Hall–Kier alpha value is -0.350. The number of rotatable bonds is 8. The van der Waals surface area contributed by atoms with Crippen molar-refractivity contribution in [2.45, 2.75) is 24.3 Å². The van der Waals surface area contributed by atoms with E-state index in [0.717, 1.165) is 21.6 Å². The summed E-state index contributed by atoms with van der Waals surface area (Å²) in [7, 11) is 2.29. The molecule has 0 aromatic carbocycles. The van der Waals surface area contributed by atoms with Crippen molar-refractivity contribution in [3.8, 4) is 0 Å². The first-order valence-corrected chi connectivity index (χ1v) is 7.32. The van der Waals surface area contributed by atoms with Gasteiger partial charge in [0.1, 0.15) is 12.1 Å². The lowest BCUT2D eigenvalue weighted by molar-refractivity contribution is -0.139. The highest BCUT2D eigenvalue weighted by atomic mass is 33.1. The molecule has 0 aromatic rings. The topological polar surface area (TPSA) is 127 Å². The van der Waals surface area contributed by atoms with Crippen LogP contribution in [0.25, 0.3) is 0 Å². The fourth-order valence-corrected chi connectivity index (χ4v) is 4.03. The summed E-state index contributed by atoms with van der Waals surface area (Å²) in [5, 5.41) is 16.8. The molecule has 0 aromatic heterocycles. The average Bonchev–Trinajstić information content (AvgIpc) is 2.22. The zero-order valence-corrected chi connectivity index (χ0v) is 11.5. The maximum atomic E-state index is 10.7. The van der Waals surface area contributed by atoms with Crippen LogP contribution in [0.1, 0.15) is 6.92 Å². The summed E-state index contributed by atoms with van der Waals surface area (Å²) in [6.45, 7) is 1.60. The van der Waals surface area contributed by atoms with Crippen LogP contribution in [0.3, 0.4) is 0 Å². The average molecular weight is 298 g/mol. The Labute approximate surface area is 112 Å². The van der Waals surface area contributed by atoms with E-state index in [0.29, 0.717) is 4.86 Å². The molecule has 0 saturated heterocycles. The van der Waals surface area contributed by atoms with Crippen molar-refractivity contribution in [1.82, 2.24) is 0 Å². The van der Waals surface area contributed by atoms with Crippen molar-refractivity contribution in [2.75, 3.05) is 5.75 Å². The normalized spacial score (nSPS) is 15.9. The van der Waals surface area contributed by atoms with Crippen molar-refractivity contribution in [3.05, 3.63) is 0 Å². The summed E-state index contributed by atoms with van der Waals surface area (Å²) < 4.78 is 0. The summed E-state index contributed by atoms with van der Waals surface area (Å²) in [6, 6.07) is -2.09. The van der Waals surface area contributed by atoms with Crippen LogP contribution >= 0.6 is 33.8 Å².